The van der Waals surface area contributed by atoms with E-state index in [1.807, 2.05) is 0 Å². The van der Waals surface area contributed by atoms with Gasteiger partial charge in [-0.05, 0) is 19.0 Å². The summed E-state index contributed by atoms with van der Waals surface area (Å²) in [6.45, 7) is 3.34. The molecule has 112 valence electrons. The summed E-state index contributed by atoms with van der Waals surface area (Å²) in [5, 5.41) is 0.869. The lowest BCUT2D eigenvalue weighted by molar-refractivity contribution is 0.305. The van der Waals surface area contributed by atoms with E-state index in [0.29, 0.717) is 19.6 Å². The zero-order valence-electron chi connectivity index (χ0n) is 11.0. The Morgan fingerprint density at radius 3 is 2.75 bits per heavy atom. The first-order chi connectivity index (χ1) is 9.54. The molecule has 0 radical (unpaired) electrons. The second-order valence-electron chi connectivity index (χ2n) is 4.63. The van der Waals surface area contributed by atoms with Crippen LogP contribution in [-0.4, -0.2) is 60.7 Å². The van der Waals surface area contributed by atoms with Crippen molar-refractivity contribution in [3.05, 3.63) is 24.3 Å². The minimum Gasteiger partial charge on any atom is -0.301 e. The van der Waals surface area contributed by atoms with Crippen LogP contribution < -0.4 is 0 Å². The van der Waals surface area contributed by atoms with Crippen LogP contribution in [0, 0.1) is 5.82 Å². The quantitative estimate of drug-likeness (QED) is 0.755. The first kappa shape index (κ1) is 15.8. The van der Waals surface area contributed by atoms with E-state index in [2.05, 4.69) is 25.8 Å². The minimum absolute atomic E-state index is 0.0774. The summed E-state index contributed by atoms with van der Waals surface area (Å²) in [4.78, 5) is 5.75. The second-order valence-corrected chi connectivity index (χ2v) is 7.36. The molecule has 1 saturated heterocycles. The highest BCUT2D eigenvalue weighted by molar-refractivity contribution is 9.09. The number of aromatic nitrogens is 1. The number of nitrogens with zero attached hydrogens (tertiary/aromatic N) is 3. The van der Waals surface area contributed by atoms with Gasteiger partial charge in [0.1, 0.15) is 10.7 Å². The molecule has 0 aromatic carbocycles. The van der Waals surface area contributed by atoms with Crippen LogP contribution in [0.5, 0.6) is 0 Å². The van der Waals surface area contributed by atoms with Gasteiger partial charge < -0.3 is 4.90 Å². The molecule has 0 bridgehead atoms. The van der Waals surface area contributed by atoms with Crippen LogP contribution in [0.1, 0.15) is 6.42 Å². The lowest BCUT2D eigenvalue weighted by Crippen LogP contribution is -2.35. The van der Waals surface area contributed by atoms with E-state index < -0.39 is 15.8 Å². The Morgan fingerprint density at radius 1 is 1.25 bits per heavy atom. The Kier molecular flexibility index (Phi) is 5.48. The molecule has 2 rings (SSSR count). The number of rotatable bonds is 4. The van der Waals surface area contributed by atoms with E-state index >= 15 is 0 Å². The number of pyridine rings is 1. The van der Waals surface area contributed by atoms with Crippen LogP contribution in [0.4, 0.5) is 4.39 Å². The zero-order chi connectivity index (χ0) is 14.6. The third-order valence-corrected chi connectivity index (χ3v) is 5.48. The predicted molar refractivity (Wildman–Crippen MR) is 77.8 cm³/mol. The molecule has 0 atom stereocenters. The Hall–Kier alpha value is -0.570. The molecule has 1 aromatic rings. The van der Waals surface area contributed by atoms with Crippen molar-refractivity contribution in [2.45, 2.75) is 11.3 Å². The third kappa shape index (κ3) is 3.75. The molecule has 1 aliphatic heterocycles. The average molecular weight is 366 g/mol. The van der Waals surface area contributed by atoms with Gasteiger partial charge in [0.05, 0.1) is 6.20 Å². The Morgan fingerprint density at radius 2 is 2.05 bits per heavy atom. The highest BCUT2D eigenvalue weighted by Gasteiger charge is 2.27. The molecule has 1 fully saturated rings. The van der Waals surface area contributed by atoms with E-state index in [0.717, 1.165) is 37.1 Å². The van der Waals surface area contributed by atoms with Crippen molar-refractivity contribution in [3.63, 3.8) is 0 Å². The Bertz CT molecular complexity index is 555. The molecule has 20 heavy (non-hydrogen) atoms. The maximum atomic E-state index is 13.1. The van der Waals surface area contributed by atoms with E-state index in [4.69, 9.17) is 0 Å². The standard InChI is InChI=1S/C12H17BrFN3O2S/c13-2-5-16-3-1-4-17(7-6-16)20(18,19)12-8-11(14)9-15-10-12/h8-10H,1-7H2. The summed E-state index contributed by atoms with van der Waals surface area (Å²) in [6.07, 6.45) is 2.97. The monoisotopic (exact) mass is 365 g/mol. The van der Waals surface area contributed by atoms with Gasteiger partial charge in [-0.3, -0.25) is 4.98 Å². The molecule has 2 heterocycles. The summed E-state index contributed by atoms with van der Waals surface area (Å²) >= 11 is 3.39. The molecule has 0 N–H and O–H groups in total. The minimum atomic E-state index is -3.65. The predicted octanol–water partition coefficient (Wildman–Crippen LogP) is 1.31. The fraction of sp³-hybridized carbons (Fsp3) is 0.583. The van der Waals surface area contributed by atoms with Crippen LogP contribution in [-0.2, 0) is 10.0 Å². The van der Waals surface area contributed by atoms with Crippen LogP contribution >= 0.6 is 15.9 Å². The topological polar surface area (TPSA) is 53.5 Å². The first-order valence-electron chi connectivity index (χ1n) is 6.43. The number of halogens is 2. The van der Waals surface area contributed by atoms with Crippen molar-refractivity contribution in [1.82, 2.24) is 14.2 Å². The highest BCUT2D eigenvalue weighted by atomic mass is 79.9. The number of hydrogen-bond donors (Lipinski definition) is 0. The number of hydrogen-bond acceptors (Lipinski definition) is 4. The van der Waals surface area contributed by atoms with Gasteiger partial charge in [-0.1, -0.05) is 15.9 Å². The molecule has 0 saturated carbocycles. The van der Waals surface area contributed by atoms with Crippen LogP contribution in [0.2, 0.25) is 0 Å². The molecule has 8 heteroatoms. The molecular formula is C12H17BrFN3O2S. The maximum Gasteiger partial charge on any atom is 0.244 e. The van der Waals surface area contributed by atoms with Crippen molar-refractivity contribution in [3.8, 4) is 0 Å². The lowest BCUT2D eigenvalue weighted by atomic mass is 10.4. The van der Waals surface area contributed by atoms with Gasteiger partial charge in [0.15, 0.2) is 0 Å². The van der Waals surface area contributed by atoms with E-state index in [1.165, 1.54) is 10.5 Å². The molecule has 0 aliphatic carbocycles. The maximum absolute atomic E-state index is 13.1. The van der Waals surface area contributed by atoms with E-state index in [1.54, 1.807) is 0 Å². The molecule has 5 nitrogen and oxygen atoms in total. The van der Waals surface area contributed by atoms with Gasteiger partial charge in [0.2, 0.25) is 10.0 Å². The van der Waals surface area contributed by atoms with Gasteiger partial charge in [-0.25, -0.2) is 12.8 Å². The fourth-order valence-corrected chi connectivity index (χ4v) is 4.16. The zero-order valence-corrected chi connectivity index (χ0v) is 13.4. The summed E-state index contributed by atoms with van der Waals surface area (Å²) in [7, 11) is -3.65. The summed E-state index contributed by atoms with van der Waals surface area (Å²) in [6, 6.07) is 1.02. The van der Waals surface area contributed by atoms with Crippen LogP contribution in [0.15, 0.2) is 23.4 Å². The Balaban J connectivity index is 2.14. The SMILES string of the molecule is O=S(=O)(c1cncc(F)c1)N1CCCN(CCBr)CC1. The van der Waals surface area contributed by atoms with Crippen molar-refractivity contribution in [2.75, 3.05) is 38.1 Å². The van der Waals surface area contributed by atoms with Crippen LogP contribution in [0.25, 0.3) is 0 Å². The number of alkyl halides is 1. The largest absolute Gasteiger partial charge is 0.301 e. The molecular weight excluding hydrogens is 349 g/mol. The van der Waals surface area contributed by atoms with E-state index in [-0.39, 0.29) is 4.90 Å². The molecule has 0 spiro atoms. The number of sulfonamides is 1. The van der Waals surface area contributed by atoms with Gasteiger partial charge in [-0.15, -0.1) is 0 Å². The van der Waals surface area contributed by atoms with Gasteiger partial charge in [0, 0.05) is 37.7 Å². The summed E-state index contributed by atoms with van der Waals surface area (Å²) < 4.78 is 39.5. The highest BCUT2D eigenvalue weighted by Crippen LogP contribution is 2.17. The van der Waals surface area contributed by atoms with Gasteiger partial charge in [-0.2, -0.15) is 4.31 Å². The molecule has 0 unspecified atom stereocenters. The molecule has 1 aliphatic rings. The summed E-state index contributed by atoms with van der Waals surface area (Å²) in [5.41, 5.74) is 0. The second kappa shape index (κ2) is 6.93. The molecule has 0 amide bonds. The van der Waals surface area contributed by atoms with Gasteiger partial charge in [0.25, 0.3) is 0 Å². The van der Waals surface area contributed by atoms with E-state index in [9.17, 15) is 12.8 Å². The van der Waals surface area contributed by atoms with Crippen molar-refractivity contribution < 1.29 is 12.8 Å². The molecule has 1 aromatic heterocycles. The average Bonchev–Trinajstić information content (AvgIpc) is 2.65. The normalized spacial score (nSPS) is 18.9. The third-order valence-electron chi connectivity index (χ3n) is 3.27. The van der Waals surface area contributed by atoms with Crippen LogP contribution in [0.3, 0.4) is 0 Å². The van der Waals surface area contributed by atoms with Gasteiger partial charge >= 0.3 is 0 Å². The van der Waals surface area contributed by atoms with Crippen molar-refractivity contribution >= 4 is 26.0 Å². The lowest BCUT2D eigenvalue weighted by Gasteiger charge is -2.21. The first-order valence-corrected chi connectivity index (χ1v) is 8.99. The fourth-order valence-electron chi connectivity index (χ4n) is 2.21. The summed E-state index contributed by atoms with van der Waals surface area (Å²) in [5.74, 6) is -0.637. The smallest absolute Gasteiger partial charge is 0.244 e. The van der Waals surface area contributed by atoms with Crippen molar-refractivity contribution in [2.24, 2.45) is 0 Å². The Labute approximate surface area is 127 Å². The van der Waals surface area contributed by atoms with Crippen molar-refractivity contribution in [1.29, 1.82) is 0 Å².